The standard InChI is InChI=1S/C13H18ClN3O2.ClH/c1-9-7-16(5-4-12(9)15)8-10-2-3-11(14)6-13(10)17(18)19;/h2-3,6,9,12H,4-5,7-8,15H2,1H3;1H. The summed E-state index contributed by atoms with van der Waals surface area (Å²) in [5.74, 6) is 0.417. The summed E-state index contributed by atoms with van der Waals surface area (Å²) in [5, 5.41) is 11.4. The van der Waals surface area contributed by atoms with E-state index in [4.69, 9.17) is 17.3 Å². The molecule has 1 heterocycles. The summed E-state index contributed by atoms with van der Waals surface area (Å²) in [6.45, 7) is 4.45. The Morgan fingerprint density at radius 2 is 2.25 bits per heavy atom. The number of likely N-dealkylation sites (tertiary alicyclic amines) is 1. The van der Waals surface area contributed by atoms with Crippen molar-refractivity contribution in [2.75, 3.05) is 13.1 Å². The Labute approximate surface area is 129 Å². The lowest BCUT2D eigenvalue weighted by molar-refractivity contribution is -0.385. The van der Waals surface area contributed by atoms with Gasteiger partial charge in [0.15, 0.2) is 0 Å². The molecule has 0 radical (unpaired) electrons. The monoisotopic (exact) mass is 319 g/mol. The predicted molar refractivity (Wildman–Crippen MR) is 82.4 cm³/mol. The van der Waals surface area contributed by atoms with Crippen LogP contribution in [0, 0.1) is 16.0 Å². The van der Waals surface area contributed by atoms with Crippen LogP contribution in [0.25, 0.3) is 0 Å². The Kier molecular flexibility index (Phi) is 6.20. The van der Waals surface area contributed by atoms with Crippen LogP contribution in [-0.4, -0.2) is 29.0 Å². The molecule has 0 amide bonds. The number of nitrogens with zero attached hydrogens (tertiary/aromatic N) is 2. The molecule has 1 aromatic rings. The van der Waals surface area contributed by atoms with E-state index < -0.39 is 0 Å². The normalized spacial score (nSPS) is 23.1. The maximum Gasteiger partial charge on any atom is 0.275 e. The van der Waals surface area contributed by atoms with E-state index >= 15 is 0 Å². The Balaban J connectivity index is 0.00000200. The van der Waals surface area contributed by atoms with Gasteiger partial charge in [0.2, 0.25) is 0 Å². The summed E-state index contributed by atoms with van der Waals surface area (Å²) in [4.78, 5) is 12.9. The zero-order valence-corrected chi connectivity index (χ0v) is 12.9. The molecule has 20 heavy (non-hydrogen) atoms. The SMILES string of the molecule is CC1CN(Cc2ccc(Cl)cc2[N+](=O)[O-])CCC1N.Cl. The fourth-order valence-electron chi connectivity index (χ4n) is 2.48. The molecule has 1 fully saturated rings. The molecule has 2 unspecified atom stereocenters. The van der Waals surface area contributed by atoms with Crippen LogP contribution in [0.5, 0.6) is 0 Å². The van der Waals surface area contributed by atoms with E-state index in [1.54, 1.807) is 12.1 Å². The van der Waals surface area contributed by atoms with E-state index in [1.165, 1.54) is 6.07 Å². The van der Waals surface area contributed by atoms with Gasteiger partial charge in [-0.3, -0.25) is 15.0 Å². The highest BCUT2D eigenvalue weighted by Crippen LogP contribution is 2.26. The zero-order chi connectivity index (χ0) is 14.0. The van der Waals surface area contributed by atoms with Gasteiger partial charge in [0.25, 0.3) is 5.69 Å². The van der Waals surface area contributed by atoms with Gasteiger partial charge in [0, 0.05) is 35.8 Å². The van der Waals surface area contributed by atoms with E-state index in [0.717, 1.165) is 19.5 Å². The molecule has 0 saturated carbocycles. The first-order valence-corrected chi connectivity index (χ1v) is 6.76. The lowest BCUT2D eigenvalue weighted by Crippen LogP contribution is -2.45. The van der Waals surface area contributed by atoms with Gasteiger partial charge < -0.3 is 5.73 Å². The lowest BCUT2D eigenvalue weighted by Gasteiger charge is -2.34. The number of benzene rings is 1. The summed E-state index contributed by atoms with van der Waals surface area (Å²) in [6.07, 6.45) is 0.933. The van der Waals surface area contributed by atoms with Gasteiger partial charge in [-0.2, -0.15) is 0 Å². The van der Waals surface area contributed by atoms with Crippen molar-refractivity contribution >= 4 is 29.7 Å². The second-order valence-electron chi connectivity index (χ2n) is 5.20. The molecule has 7 heteroatoms. The second kappa shape index (κ2) is 7.22. The van der Waals surface area contributed by atoms with Gasteiger partial charge in [-0.05, 0) is 31.0 Å². The lowest BCUT2D eigenvalue weighted by atomic mass is 9.94. The average Bonchev–Trinajstić information content (AvgIpc) is 2.36. The number of hydrogen-bond donors (Lipinski definition) is 1. The maximum atomic E-state index is 11.0. The third-order valence-electron chi connectivity index (χ3n) is 3.69. The number of hydrogen-bond acceptors (Lipinski definition) is 4. The van der Waals surface area contributed by atoms with Crippen LogP contribution in [0.4, 0.5) is 5.69 Å². The van der Waals surface area contributed by atoms with Crippen LogP contribution in [0.15, 0.2) is 18.2 Å². The van der Waals surface area contributed by atoms with Crippen LogP contribution >= 0.6 is 24.0 Å². The van der Waals surface area contributed by atoms with Gasteiger partial charge >= 0.3 is 0 Å². The third kappa shape index (κ3) is 4.06. The van der Waals surface area contributed by atoms with Gasteiger partial charge in [-0.25, -0.2) is 0 Å². The molecular weight excluding hydrogens is 301 g/mol. The minimum Gasteiger partial charge on any atom is -0.327 e. The highest BCUT2D eigenvalue weighted by molar-refractivity contribution is 6.30. The number of piperidine rings is 1. The molecule has 0 aromatic heterocycles. The van der Waals surface area contributed by atoms with Crippen molar-refractivity contribution in [3.05, 3.63) is 38.9 Å². The highest BCUT2D eigenvalue weighted by atomic mass is 35.5. The summed E-state index contributed by atoms with van der Waals surface area (Å²) >= 11 is 5.81. The van der Waals surface area contributed by atoms with Crippen LogP contribution in [0.1, 0.15) is 18.9 Å². The third-order valence-corrected chi connectivity index (χ3v) is 3.93. The number of nitro groups is 1. The minimum absolute atomic E-state index is 0. The molecule has 112 valence electrons. The smallest absolute Gasteiger partial charge is 0.275 e. The van der Waals surface area contributed by atoms with Crippen molar-refractivity contribution in [2.24, 2.45) is 11.7 Å². The molecule has 1 aromatic carbocycles. The summed E-state index contributed by atoms with van der Waals surface area (Å²) in [7, 11) is 0. The van der Waals surface area contributed by atoms with Crippen molar-refractivity contribution in [2.45, 2.75) is 25.9 Å². The fourth-order valence-corrected chi connectivity index (χ4v) is 2.64. The topological polar surface area (TPSA) is 72.4 Å². The van der Waals surface area contributed by atoms with E-state index in [9.17, 15) is 10.1 Å². The number of rotatable bonds is 3. The Morgan fingerprint density at radius 3 is 2.85 bits per heavy atom. The Hall–Kier alpha value is -0.880. The van der Waals surface area contributed by atoms with Gasteiger partial charge in [0.1, 0.15) is 0 Å². The van der Waals surface area contributed by atoms with Gasteiger partial charge in [-0.1, -0.05) is 18.5 Å². The second-order valence-corrected chi connectivity index (χ2v) is 5.63. The summed E-state index contributed by atoms with van der Waals surface area (Å²) < 4.78 is 0. The van der Waals surface area contributed by atoms with Crippen LogP contribution in [0.2, 0.25) is 5.02 Å². The molecule has 2 N–H and O–H groups in total. The van der Waals surface area contributed by atoms with Crippen molar-refractivity contribution in [1.82, 2.24) is 4.90 Å². The van der Waals surface area contributed by atoms with Crippen LogP contribution in [0.3, 0.4) is 0 Å². The molecule has 2 atom stereocenters. The number of nitrogens with two attached hydrogens (primary N) is 1. The van der Waals surface area contributed by atoms with Crippen molar-refractivity contribution in [1.29, 1.82) is 0 Å². The molecule has 1 aliphatic heterocycles. The van der Waals surface area contributed by atoms with Crippen molar-refractivity contribution in [3.63, 3.8) is 0 Å². The fraction of sp³-hybridized carbons (Fsp3) is 0.538. The largest absolute Gasteiger partial charge is 0.327 e. The number of halogens is 2. The average molecular weight is 320 g/mol. The molecular formula is C13H19Cl2N3O2. The molecule has 1 saturated heterocycles. The van der Waals surface area contributed by atoms with Crippen molar-refractivity contribution < 1.29 is 4.92 Å². The summed E-state index contributed by atoms with van der Waals surface area (Å²) in [5.41, 5.74) is 6.78. The van der Waals surface area contributed by atoms with Crippen LogP contribution < -0.4 is 5.73 Å². The first-order chi connectivity index (χ1) is 8.97. The van der Waals surface area contributed by atoms with Gasteiger partial charge in [-0.15, -0.1) is 12.4 Å². The molecule has 1 aliphatic rings. The quantitative estimate of drug-likeness (QED) is 0.686. The molecule has 0 spiro atoms. The Bertz CT molecular complexity index is 485. The van der Waals surface area contributed by atoms with E-state index in [-0.39, 0.29) is 29.1 Å². The van der Waals surface area contributed by atoms with E-state index in [0.29, 0.717) is 23.0 Å². The first kappa shape index (κ1) is 17.2. The first-order valence-electron chi connectivity index (χ1n) is 6.38. The minimum atomic E-state index is -0.375. The summed E-state index contributed by atoms with van der Waals surface area (Å²) in [6, 6.07) is 5.08. The Morgan fingerprint density at radius 1 is 1.55 bits per heavy atom. The highest BCUT2D eigenvalue weighted by Gasteiger charge is 2.25. The molecule has 0 bridgehead atoms. The predicted octanol–water partition coefficient (Wildman–Crippen LogP) is 2.84. The van der Waals surface area contributed by atoms with Crippen molar-refractivity contribution in [3.8, 4) is 0 Å². The molecule has 2 rings (SSSR count). The van der Waals surface area contributed by atoms with E-state index in [1.807, 2.05) is 0 Å². The zero-order valence-electron chi connectivity index (χ0n) is 11.3. The maximum absolute atomic E-state index is 11.0. The van der Waals surface area contributed by atoms with Crippen LogP contribution in [-0.2, 0) is 6.54 Å². The molecule has 5 nitrogen and oxygen atoms in total. The molecule has 0 aliphatic carbocycles. The number of nitro benzene ring substituents is 1. The van der Waals surface area contributed by atoms with E-state index in [2.05, 4.69) is 11.8 Å². The van der Waals surface area contributed by atoms with Gasteiger partial charge in [0.05, 0.1) is 4.92 Å².